The predicted octanol–water partition coefficient (Wildman–Crippen LogP) is 1.91. The molecule has 5 heteroatoms. The van der Waals surface area contributed by atoms with Crippen LogP contribution in [0.3, 0.4) is 0 Å². The van der Waals surface area contributed by atoms with E-state index in [1.807, 2.05) is 0 Å². The molecule has 0 aromatic carbocycles. The van der Waals surface area contributed by atoms with Crippen molar-refractivity contribution in [1.82, 2.24) is 5.32 Å². The third-order valence-electron chi connectivity index (χ3n) is 4.98. The highest BCUT2D eigenvalue weighted by Gasteiger charge is 2.24. The van der Waals surface area contributed by atoms with Crippen LogP contribution in [0.2, 0.25) is 0 Å². The Bertz CT molecular complexity index is 353. The molecule has 0 aromatic heterocycles. The minimum atomic E-state index is -0.147. The normalized spacial score (nSPS) is 28.9. The summed E-state index contributed by atoms with van der Waals surface area (Å²) in [6, 6.07) is 0.502. The van der Waals surface area contributed by atoms with Gasteiger partial charge in [0.05, 0.1) is 0 Å². The standard InChI is InChI=1S/C16H30N4O/c17-15(21)13-9-7-12(8-10-13)11-19-16(18)20-14-5-3-1-2-4-6-14/h12-14H,1-11H2,(H2,17,21)(H3,18,19,20). The number of hydrogen-bond donors (Lipinski definition) is 3. The maximum atomic E-state index is 11.1. The molecule has 0 spiro atoms. The Balaban J connectivity index is 1.69. The van der Waals surface area contributed by atoms with Gasteiger partial charge in [0, 0.05) is 18.5 Å². The lowest BCUT2D eigenvalue weighted by atomic mass is 9.82. The summed E-state index contributed by atoms with van der Waals surface area (Å²) in [7, 11) is 0. The van der Waals surface area contributed by atoms with Crippen LogP contribution in [0.4, 0.5) is 0 Å². The Labute approximate surface area is 127 Å². The molecule has 0 aliphatic heterocycles. The number of rotatable bonds is 4. The number of guanidine groups is 1. The highest BCUT2D eigenvalue weighted by molar-refractivity contribution is 5.78. The van der Waals surface area contributed by atoms with Crippen LogP contribution in [-0.2, 0) is 4.79 Å². The van der Waals surface area contributed by atoms with Crippen molar-refractivity contribution in [2.24, 2.45) is 28.3 Å². The Morgan fingerprint density at radius 1 is 0.952 bits per heavy atom. The summed E-state index contributed by atoms with van der Waals surface area (Å²) in [6.07, 6.45) is 11.6. The Kier molecular flexibility index (Phi) is 6.33. The molecule has 0 atom stereocenters. The zero-order valence-corrected chi connectivity index (χ0v) is 13.0. The minimum Gasteiger partial charge on any atom is -0.370 e. The fraction of sp³-hybridized carbons (Fsp3) is 0.875. The molecule has 120 valence electrons. The van der Waals surface area contributed by atoms with Gasteiger partial charge in [-0.15, -0.1) is 0 Å². The van der Waals surface area contributed by atoms with Crippen molar-refractivity contribution in [1.29, 1.82) is 0 Å². The van der Waals surface area contributed by atoms with E-state index in [0.717, 1.165) is 32.2 Å². The molecule has 0 bridgehead atoms. The fourth-order valence-corrected chi connectivity index (χ4v) is 3.54. The van der Waals surface area contributed by atoms with Crippen molar-refractivity contribution < 1.29 is 4.79 Å². The van der Waals surface area contributed by atoms with Gasteiger partial charge in [-0.2, -0.15) is 0 Å². The van der Waals surface area contributed by atoms with Crippen molar-refractivity contribution in [3.8, 4) is 0 Å². The Morgan fingerprint density at radius 2 is 1.57 bits per heavy atom. The van der Waals surface area contributed by atoms with Gasteiger partial charge in [-0.25, -0.2) is 0 Å². The second-order valence-electron chi connectivity index (χ2n) is 6.68. The summed E-state index contributed by atoms with van der Waals surface area (Å²) in [5.74, 6) is 1.08. The van der Waals surface area contributed by atoms with Crippen LogP contribution >= 0.6 is 0 Å². The molecular formula is C16H30N4O. The molecule has 5 nitrogen and oxygen atoms in total. The lowest BCUT2D eigenvalue weighted by Crippen LogP contribution is -2.40. The van der Waals surface area contributed by atoms with E-state index in [4.69, 9.17) is 11.5 Å². The van der Waals surface area contributed by atoms with Crippen LogP contribution in [0.25, 0.3) is 0 Å². The number of aliphatic imine (C=N–C) groups is 1. The van der Waals surface area contributed by atoms with Crippen molar-refractivity contribution in [2.45, 2.75) is 70.3 Å². The quantitative estimate of drug-likeness (QED) is 0.420. The molecule has 0 saturated heterocycles. The molecule has 2 rings (SSSR count). The number of carbonyl (C=O) groups excluding carboxylic acids is 1. The summed E-state index contributed by atoms with van der Waals surface area (Å²) < 4.78 is 0. The topological polar surface area (TPSA) is 93.5 Å². The lowest BCUT2D eigenvalue weighted by Gasteiger charge is -2.25. The molecule has 0 radical (unpaired) electrons. The molecule has 0 unspecified atom stereocenters. The van der Waals surface area contributed by atoms with Gasteiger partial charge in [-0.1, -0.05) is 25.7 Å². The van der Waals surface area contributed by atoms with Crippen LogP contribution in [0.5, 0.6) is 0 Å². The molecule has 21 heavy (non-hydrogen) atoms. The second kappa shape index (κ2) is 8.25. The molecular weight excluding hydrogens is 264 g/mol. The van der Waals surface area contributed by atoms with Gasteiger partial charge in [0.2, 0.25) is 5.91 Å². The number of primary amides is 1. The van der Waals surface area contributed by atoms with E-state index in [0.29, 0.717) is 17.9 Å². The summed E-state index contributed by atoms with van der Waals surface area (Å²) in [4.78, 5) is 15.7. The number of carbonyl (C=O) groups is 1. The molecule has 5 N–H and O–H groups in total. The van der Waals surface area contributed by atoms with Crippen LogP contribution in [0.15, 0.2) is 4.99 Å². The highest BCUT2D eigenvalue weighted by atomic mass is 16.1. The first kappa shape index (κ1) is 16.1. The highest BCUT2D eigenvalue weighted by Crippen LogP contribution is 2.28. The molecule has 2 aliphatic carbocycles. The summed E-state index contributed by atoms with van der Waals surface area (Å²) >= 11 is 0. The second-order valence-corrected chi connectivity index (χ2v) is 6.68. The fourth-order valence-electron chi connectivity index (χ4n) is 3.54. The molecule has 2 aliphatic rings. The third-order valence-corrected chi connectivity index (χ3v) is 4.98. The van der Waals surface area contributed by atoms with E-state index in [-0.39, 0.29) is 11.8 Å². The first-order valence-electron chi connectivity index (χ1n) is 8.51. The average molecular weight is 294 g/mol. The largest absolute Gasteiger partial charge is 0.370 e. The SMILES string of the molecule is NC(=O)C1CCC(CN=C(N)NC2CCCCCC2)CC1. The number of nitrogens with zero attached hydrogens (tertiary/aromatic N) is 1. The van der Waals surface area contributed by atoms with E-state index in [1.165, 1.54) is 38.5 Å². The van der Waals surface area contributed by atoms with E-state index in [9.17, 15) is 4.79 Å². The average Bonchev–Trinajstić information content (AvgIpc) is 2.74. The third kappa shape index (κ3) is 5.56. The minimum absolute atomic E-state index is 0.0756. The van der Waals surface area contributed by atoms with Crippen LogP contribution in [0, 0.1) is 11.8 Å². The number of amides is 1. The van der Waals surface area contributed by atoms with Gasteiger partial charge in [0.1, 0.15) is 0 Å². The van der Waals surface area contributed by atoms with Gasteiger partial charge >= 0.3 is 0 Å². The monoisotopic (exact) mass is 294 g/mol. The van der Waals surface area contributed by atoms with Crippen LogP contribution in [-0.4, -0.2) is 24.5 Å². The van der Waals surface area contributed by atoms with Crippen molar-refractivity contribution in [3.05, 3.63) is 0 Å². The maximum absolute atomic E-state index is 11.1. The van der Waals surface area contributed by atoms with E-state index >= 15 is 0 Å². The number of nitrogens with one attached hydrogen (secondary N) is 1. The van der Waals surface area contributed by atoms with Gasteiger partial charge in [0.25, 0.3) is 0 Å². The number of nitrogens with two attached hydrogens (primary N) is 2. The summed E-state index contributed by atoms with van der Waals surface area (Å²) in [5.41, 5.74) is 11.4. The smallest absolute Gasteiger partial charge is 0.220 e. The summed E-state index contributed by atoms with van der Waals surface area (Å²) in [5, 5.41) is 3.38. The first-order valence-corrected chi connectivity index (χ1v) is 8.51. The van der Waals surface area contributed by atoms with Gasteiger partial charge in [-0.3, -0.25) is 9.79 Å². The Hall–Kier alpha value is -1.26. The zero-order valence-electron chi connectivity index (χ0n) is 13.0. The molecule has 1 amide bonds. The van der Waals surface area contributed by atoms with E-state index < -0.39 is 0 Å². The zero-order chi connectivity index (χ0) is 15.1. The lowest BCUT2D eigenvalue weighted by molar-refractivity contribution is -0.122. The van der Waals surface area contributed by atoms with Crippen molar-refractivity contribution in [2.75, 3.05) is 6.54 Å². The molecule has 0 heterocycles. The van der Waals surface area contributed by atoms with Gasteiger partial charge in [-0.05, 0) is 44.4 Å². The predicted molar refractivity (Wildman–Crippen MR) is 85.8 cm³/mol. The molecule has 2 saturated carbocycles. The summed E-state index contributed by atoms with van der Waals surface area (Å²) in [6.45, 7) is 0.775. The Morgan fingerprint density at radius 3 is 2.14 bits per heavy atom. The number of hydrogen-bond acceptors (Lipinski definition) is 2. The molecule has 0 aromatic rings. The maximum Gasteiger partial charge on any atom is 0.220 e. The van der Waals surface area contributed by atoms with Gasteiger partial charge < -0.3 is 16.8 Å². The molecule has 2 fully saturated rings. The van der Waals surface area contributed by atoms with Crippen LogP contribution in [0.1, 0.15) is 64.2 Å². The van der Waals surface area contributed by atoms with Gasteiger partial charge in [0.15, 0.2) is 5.96 Å². The van der Waals surface area contributed by atoms with Crippen molar-refractivity contribution >= 4 is 11.9 Å². The van der Waals surface area contributed by atoms with E-state index in [1.54, 1.807) is 0 Å². The first-order chi connectivity index (χ1) is 10.1. The van der Waals surface area contributed by atoms with Crippen molar-refractivity contribution in [3.63, 3.8) is 0 Å². The van der Waals surface area contributed by atoms with Crippen LogP contribution < -0.4 is 16.8 Å². The van der Waals surface area contributed by atoms with E-state index in [2.05, 4.69) is 10.3 Å².